The van der Waals surface area contributed by atoms with Gasteiger partial charge in [0.25, 0.3) is 5.91 Å². The number of carbonyl (C=O) groups is 1. The van der Waals surface area contributed by atoms with Crippen LogP contribution in [0, 0.1) is 6.92 Å². The molecule has 0 unspecified atom stereocenters. The van der Waals surface area contributed by atoms with Crippen LogP contribution in [0.3, 0.4) is 0 Å². The molecule has 0 saturated heterocycles. The minimum absolute atomic E-state index is 0.275. The van der Waals surface area contributed by atoms with Crippen molar-refractivity contribution in [1.82, 2.24) is 15.4 Å². The SMILES string of the molecule is COCCCNc1ncnc(NNC(=O)c2ccc(C)cc2)c1N. The number of ether oxygens (including phenoxy) is 1. The molecule has 0 bridgehead atoms. The third kappa shape index (κ3) is 4.82. The number of nitrogens with two attached hydrogens (primary N) is 1. The third-order valence-corrected chi connectivity index (χ3v) is 3.31. The van der Waals surface area contributed by atoms with Crippen LogP contribution in [0.2, 0.25) is 0 Å². The van der Waals surface area contributed by atoms with E-state index in [0.717, 1.165) is 12.0 Å². The Morgan fingerprint density at radius 2 is 1.92 bits per heavy atom. The second-order valence-electron chi connectivity index (χ2n) is 5.20. The Bertz CT molecular complexity index is 675. The van der Waals surface area contributed by atoms with Crippen molar-refractivity contribution >= 4 is 23.2 Å². The van der Waals surface area contributed by atoms with E-state index in [1.165, 1.54) is 6.33 Å². The van der Waals surface area contributed by atoms with Crippen LogP contribution in [0.15, 0.2) is 30.6 Å². The quantitative estimate of drug-likeness (QED) is 0.429. The highest BCUT2D eigenvalue weighted by molar-refractivity contribution is 5.95. The van der Waals surface area contributed by atoms with Crippen molar-refractivity contribution in [3.05, 3.63) is 41.7 Å². The van der Waals surface area contributed by atoms with Gasteiger partial charge in [-0.1, -0.05) is 17.7 Å². The van der Waals surface area contributed by atoms with E-state index in [0.29, 0.717) is 36.0 Å². The van der Waals surface area contributed by atoms with E-state index in [1.54, 1.807) is 19.2 Å². The molecule has 0 aliphatic heterocycles. The van der Waals surface area contributed by atoms with Gasteiger partial charge in [-0.3, -0.25) is 15.6 Å². The summed E-state index contributed by atoms with van der Waals surface area (Å²) >= 11 is 0. The lowest BCUT2D eigenvalue weighted by Gasteiger charge is -2.13. The molecule has 0 spiro atoms. The molecule has 8 nitrogen and oxygen atoms in total. The lowest BCUT2D eigenvalue weighted by Crippen LogP contribution is -2.30. The number of hydrogen-bond acceptors (Lipinski definition) is 7. The summed E-state index contributed by atoms with van der Waals surface area (Å²) in [4.78, 5) is 20.2. The van der Waals surface area contributed by atoms with E-state index < -0.39 is 0 Å². The molecule has 0 saturated carbocycles. The molecule has 2 aromatic rings. The highest BCUT2D eigenvalue weighted by Gasteiger charge is 2.09. The molecule has 8 heteroatoms. The van der Waals surface area contributed by atoms with Crippen LogP contribution in [0.1, 0.15) is 22.3 Å². The van der Waals surface area contributed by atoms with Gasteiger partial charge in [-0.15, -0.1) is 0 Å². The monoisotopic (exact) mass is 330 g/mol. The van der Waals surface area contributed by atoms with E-state index in [2.05, 4.69) is 26.1 Å². The van der Waals surface area contributed by atoms with Gasteiger partial charge in [0.2, 0.25) is 0 Å². The van der Waals surface area contributed by atoms with Crippen LogP contribution in [0.25, 0.3) is 0 Å². The summed E-state index contributed by atoms with van der Waals surface area (Å²) in [7, 11) is 1.65. The predicted molar refractivity (Wildman–Crippen MR) is 93.7 cm³/mol. The van der Waals surface area contributed by atoms with Gasteiger partial charge in [0.15, 0.2) is 11.6 Å². The predicted octanol–water partition coefficient (Wildman–Crippen LogP) is 1.57. The normalized spacial score (nSPS) is 10.2. The number of hydrogen-bond donors (Lipinski definition) is 4. The maximum absolute atomic E-state index is 12.1. The second kappa shape index (κ2) is 8.68. The molecule has 2 rings (SSSR count). The van der Waals surface area contributed by atoms with E-state index in [1.807, 2.05) is 19.1 Å². The number of nitrogens with zero attached hydrogens (tertiary/aromatic N) is 2. The Kier molecular flexibility index (Phi) is 6.32. The summed E-state index contributed by atoms with van der Waals surface area (Å²) in [6.45, 7) is 3.28. The zero-order valence-corrected chi connectivity index (χ0v) is 13.8. The first-order valence-electron chi connectivity index (χ1n) is 7.58. The topological polar surface area (TPSA) is 114 Å². The first-order chi connectivity index (χ1) is 11.6. The Morgan fingerprint density at radius 1 is 1.21 bits per heavy atom. The number of nitrogen functional groups attached to an aromatic ring is 1. The first kappa shape index (κ1) is 17.5. The zero-order chi connectivity index (χ0) is 17.4. The van der Waals surface area contributed by atoms with E-state index in [4.69, 9.17) is 10.5 Å². The average Bonchev–Trinajstić information content (AvgIpc) is 2.59. The van der Waals surface area contributed by atoms with Crippen LogP contribution in [0.4, 0.5) is 17.3 Å². The fourth-order valence-electron chi connectivity index (χ4n) is 1.95. The van der Waals surface area contributed by atoms with Crippen LogP contribution in [0.5, 0.6) is 0 Å². The van der Waals surface area contributed by atoms with Crippen molar-refractivity contribution in [3.8, 4) is 0 Å². The van der Waals surface area contributed by atoms with Gasteiger partial charge >= 0.3 is 0 Å². The third-order valence-electron chi connectivity index (χ3n) is 3.31. The summed E-state index contributed by atoms with van der Waals surface area (Å²) in [6.07, 6.45) is 2.20. The fourth-order valence-corrected chi connectivity index (χ4v) is 1.95. The van der Waals surface area contributed by atoms with Gasteiger partial charge in [0, 0.05) is 25.8 Å². The molecule has 128 valence electrons. The number of carbonyl (C=O) groups excluding carboxylic acids is 1. The molecule has 0 radical (unpaired) electrons. The molecular formula is C16H22N6O2. The van der Waals surface area contributed by atoms with Crippen molar-refractivity contribution in [2.24, 2.45) is 0 Å². The number of aryl methyl sites for hydroxylation is 1. The molecule has 1 aromatic carbocycles. The maximum Gasteiger partial charge on any atom is 0.269 e. The maximum atomic E-state index is 12.1. The number of aromatic nitrogens is 2. The summed E-state index contributed by atoms with van der Waals surface area (Å²) in [5, 5.41) is 3.10. The molecule has 1 heterocycles. The zero-order valence-electron chi connectivity index (χ0n) is 13.8. The van der Waals surface area contributed by atoms with Gasteiger partial charge < -0.3 is 15.8 Å². The number of hydrazine groups is 1. The number of benzene rings is 1. The Balaban J connectivity index is 1.94. The smallest absolute Gasteiger partial charge is 0.269 e. The number of rotatable bonds is 8. The Morgan fingerprint density at radius 3 is 2.62 bits per heavy atom. The number of amides is 1. The number of anilines is 3. The Labute approximate surface area is 140 Å². The highest BCUT2D eigenvalue weighted by Crippen LogP contribution is 2.21. The van der Waals surface area contributed by atoms with E-state index >= 15 is 0 Å². The number of nitrogens with one attached hydrogen (secondary N) is 3. The van der Waals surface area contributed by atoms with Crippen molar-refractivity contribution in [2.75, 3.05) is 36.7 Å². The minimum atomic E-state index is -0.275. The minimum Gasteiger partial charge on any atom is -0.393 e. The molecule has 0 aliphatic rings. The van der Waals surface area contributed by atoms with Crippen LogP contribution in [-0.2, 0) is 4.74 Å². The van der Waals surface area contributed by atoms with Crippen molar-refractivity contribution in [2.45, 2.75) is 13.3 Å². The fraction of sp³-hybridized carbons (Fsp3) is 0.312. The van der Waals surface area contributed by atoms with Gasteiger partial charge in [0.05, 0.1) is 0 Å². The van der Waals surface area contributed by atoms with Gasteiger partial charge in [0.1, 0.15) is 12.0 Å². The molecule has 1 aromatic heterocycles. The largest absolute Gasteiger partial charge is 0.393 e. The molecule has 0 atom stereocenters. The summed E-state index contributed by atoms with van der Waals surface area (Å²) in [6, 6.07) is 7.24. The van der Waals surface area contributed by atoms with E-state index in [9.17, 15) is 4.79 Å². The van der Waals surface area contributed by atoms with Crippen molar-refractivity contribution < 1.29 is 9.53 Å². The van der Waals surface area contributed by atoms with Gasteiger partial charge in [-0.05, 0) is 25.5 Å². The number of methoxy groups -OCH3 is 1. The van der Waals surface area contributed by atoms with Gasteiger partial charge in [-0.25, -0.2) is 9.97 Å². The Hall–Kier alpha value is -2.87. The summed E-state index contributed by atoms with van der Waals surface area (Å²) < 4.78 is 4.98. The molecule has 0 aliphatic carbocycles. The molecule has 1 amide bonds. The molecule has 5 N–H and O–H groups in total. The van der Waals surface area contributed by atoms with Crippen molar-refractivity contribution in [3.63, 3.8) is 0 Å². The summed E-state index contributed by atoms with van der Waals surface area (Å²) in [5.41, 5.74) is 13.3. The molecular weight excluding hydrogens is 308 g/mol. The lowest BCUT2D eigenvalue weighted by atomic mass is 10.1. The second-order valence-corrected chi connectivity index (χ2v) is 5.20. The van der Waals surface area contributed by atoms with Gasteiger partial charge in [-0.2, -0.15) is 0 Å². The standard InChI is InChI=1S/C16H22N6O2/c1-11-4-6-12(7-5-11)16(23)22-21-15-13(17)14(19-10-20-15)18-8-3-9-24-2/h4-7,10H,3,8-9,17H2,1-2H3,(H,22,23)(H2,18,19,20,21). The average molecular weight is 330 g/mol. The van der Waals surface area contributed by atoms with Crippen LogP contribution < -0.4 is 21.9 Å². The highest BCUT2D eigenvalue weighted by atomic mass is 16.5. The molecule has 24 heavy (non-hydrogen) atoms. The molecule has 0 fully saturated rings. The summed E-state index contributed by atoms with van der Waals surface area (Å²) in [5.74, 6) is 0.565. The first-order valence-corrected chi connectivity index (χ1v) is 7.58. The lowest BCUT2D eigenvalue weighted by molar-refractivity contribution is 0.0962. The van der Waals surface area contributed by atoms with Crippen LogP contribution in [-0.4, -0.2) is 36.1 Å². The van der Waals surface area contributed by atoms with Crippen LogP contribution >= 0.6 is 0 Å². The van der Waals surface area contributed by atoms with E-state index in [-0.39, 0.29) is 5.91 Å². The van der Waals surface area contributed by atoms with Crippen molar-refractivity contribution in [1.29, 1.82) is 0 Å².